The molecule has 6 nitrogen and oxygen atoms in total. The van der Waals surface area contributed by atoms with Gasteiger partial charge < -0.3 is 14.2 Å². The second-order valence-electron chi connectivity index (χ2n) is 16.0. The zero-order chi connectivity index (χ0) is 45.1. The molecule has 0 spiro atoms. The van der Waals surface area contributed by atoms with Gasteiger partial charge in [0.25, 0.3) is 0 Å². The average molecular weight is 859 g/mol. The SMILES string of the molecule is CC/C=C\C/C=C\C/C=C\C/C=C\C/C=C\C/C=C\C/C=C\C/C=C\CCCCC(=O)OCC(COC(=O)CCCCCCCCC)OC(=O)CCCCCCC/C=C\CCC. The number of hydrogen-bond donors (Lipinski definition) is 0. The van der Waals surface area contributed by atoms with Crippen LogP contribution in [0.4, 0.5) is 0 Å². The van der Waals surface area contributed by atoms with E-state index in [9.17, 15) is 14.4 Å². The Labute approximate surface area is 380 Å². The van der Waals surface area contributed by atoms with Gasteiger partial charge in [-0.3, -0.25) is 14.4 Å². The first-order valence-corrected chi connectivity index (χ1v) is 24.9. The van der Waals surface area contributed by atoms with E-state index in [0.717, 1.165) is 122 Å². The Balaban J connectivity index is 4.28. The maximum absolute atomic E-state index is 12.7. The van der Waals surface area contributed by atoms with Crippen LogP contribution in [-0.2, 0) is 28.6 Å². The Hall–Kier alpha value is -3.93. The Bertz CT molecular complexity index is 1310. The van der Waals surface area contributed by atoms with Gasteiger partial charge in [-0.1, -0.05) is 194 Å². The van der Waals surface area contributed by atoms with Crippen molar-refractivity contribution in [2.24, 2.45) is 0 Å². The van der Waals surface area contributed by atoms with E-state index in [1.807, 2.05) is 0 Å². The third-order valence-electron chi connectivity index (χ3n) is 9.99. The van der Waals surface area contributed by atoms with Crippen molar-refractivity contribution < 1.29 is 28.6 Å². The first-order valence-electron chi connectivity index (χ1n) is 24.9. The second-order valence-corrected chi connectivity index (χ2v) is 16.0. The standard InChI is InChI=1S/C56H90O6/c1-4-7-10-13-16-18-20-21-22-23-24-25-26-27-28-29-30-31-32-33-34-35-36-38-40-43-46-49-55(58)61-52-53(51-60-54(57)48-45-42-39-15-12-9-6-3)62-56(59)50-47-44-41-37-19-17-14-11-8-5-2/h7,10-11,14,16,18,21-22,24-25,27-28,30-31,33-34,36,38,53H,4-6,8-9,12-13,15,17,19-20,23,26,29,32,35,37,39-52H2,1-3H3/b10-7-,14-11-,18-16-,22-21-,25-24-,28-27-,31-30-,34-33-,38-36-. The fourth-order valence-corrected chi connectivity index (χ4v) is 6.28. The van der Waals surface area contributed by atoms with Crippen LogP contribution in [-0.4, -0.2) is 37.2 Å². The minimum Gasteiger partial charge on any atom is -0.462 e. The van der Waals surface area contributed by atoms with Gasteiger partial charge in [0.1, 0.15) is 13.2 Å². The van der Waals surface area contributed by atoms with Crippen molar-refractivity contribution in [2.45, 2.75) is 213 Å². The molecule has 6 heteroatoms. The van der Waals surface area contributed by atoms with Crippen LogP contribution in [0.1, 0.15) is 207 Å². The highest BCUT2D eigenvalue weighted by Crippen LogP contribution is 2.12. The maximum atomic E-state index is 12.7. The molecule has 1 unspecified atom stereocenters. The number of rotatable bonds is 43. The van der Waals surface area contributed by atoms with Gasteiger partial charge in [0.05, 0.1) is 0 Å². The fourth-order valence-electron chi connectivity index (χ4n) is 6.28. The van der Waals surface area contributed by atoms with Gasteiger partial charge in [-0.2, -0.15) is 0 Å². The Morgan fingerprint density at radius 1 is 0.339 bits per heavy atom. The summed E-state index contributed by atoms with van der Waals surface area (Å²) in [5.41, 5.74) is 0. The van der Waals surface area contributed by atoms with E-state index in [4.69, 9.17) is 14.2 Å². The van der Waals surface area contributed by atoms with Crippen molar-refractivity contribution in [1.29, 1.82) is 0 Å². The molecule has 0 aliphatic rings. The zero-order valence-corrected chi connectivity index (χ0v) is 39.8. The number of hydrogen-bond acceptors (Lipinski definition) is 6. The summed E-state index contributed by atoms with van der Waals surface area (Å²) in [5, 5.41) is 0. The van der Waals surface area contributed by atoms with E-state index < -0.39 is 6.10 Å². The van der Waals surface area contributed by atoms with Gasteiger partial charge >= 0.3 is 17.9 Å². The van der Waals surface area contributed by atoms with Gasteiger partial charge in [-0.05, 0) is 103 Å². The summed E-state index contributed by atoms with van der Waals surface area (Å²) in [6, 6.07) is 0. The molecule has 1 atom stereocenters. The normalized spacial score (nSPS) is 13.0. The molecule has 0 bridgehead atoms. The molecule has 0 fully saturated rings. The van der Waals surface area contributed by atoms with Gasteiger partial charge in [0, 0.05) is 19.3 Å². The second kappa shape index (κ2) is 49.7. The molecule has 0 heterocycles. The van der Waals surface area contributed by atoms with E-state index >= 15 is 0 Å². The lowest BCUT2D eigenvalue weighted by atomic mass is 10.1. The van der Waals surface area contributed by atoms with Gasteiger partial charge in [-0.15, -0.1) is 0 Å². The molecule has 0 aromatic carbocycles. The molecule has 0 saturated heterocycles. The van der Waals surface area contributed by atoms with Crippen molar-refractivity contribution in [2.75, 3.05) is 13.2 Å². The third-order valence-corrected chi connectivity index (χ3v) is 9.99. The third kappa shape index (κ3) is 47.1. The monoisotopic (exact) mass is 859 g/mol. The topological polar surface area (TPSA) is 78.9 Å². The summed E-state index contributed by atoms with van der Waals surface area (Å²) in [6.45, 7) is 6.34. The summed E-state index contributed by atoms with van der Waals surface area (Å²) < 4.78 is 16.6. The summed E-state index contributed by atoms with van der Waals surface area (Å²) >= 11 is 0. The smallest absolute Gasteiger partial charge is 0.306 e. The largest absolute Gasteiger partial charge is 0.462 e. The van der Waals surface area contributed by atoms with Crippen molar-refractivity contribution in [1.82, 2.24) is 0 Å². The summed E-state index contributed by atoms with van der Waals surface area (Å²) in [7, 11) is 0. The molecule has 0 aromatic heterocycles. The van der Waals surface area contributed by atoms with Gasteiger partial charge in [0.15, 0.2) is 6.10 Å². The van der Waals surface area contributed by atoms with Crippen LogP contribution >= 0.6 is 0 Å². The van der Waals surface area contributed by atoms with Crippen LogP contribution in [0.25, 0.3) is 0 Å². The molecule has 0 amide bonds. The van der Waals surface area contributed by atoms with Crippen LogP contribution in [0.15, 0.2) is 109 Å². The van der Waals surface area contributed by atoms with Crippen LogP contribution < -0.4 is 0 Å². The lowest BCUT2D eigenvalue weighted by Gasteiger charge is -2.18. The molecule has 0 rings (SSSR count). The first-order chi connectivity index (χ1) is 30.5. The molecule has 0 radical (unpaired) electrons. The lowest BCUT2D eigenvalue weighted by molar-refractivity contribution is -0.167. The zero-order valence-electron chi connectivity index (χ0n) is 39.8. The van der Waals surface area contributed by atoms with Gasteiger partial charge in [-0.25, -0.2) is 0 Å². The van der Waals surface area contributed by atoms with Crippen LogP contribution in [0.5, 0.6) is 0 Å². The number of allylic oxidation sites excluding steroid dienone is 18. The van der Waals surface area contributed by atoms with Crippen LogP contribution in [0, 0.1) is 0 Å². The van der Waals surface area contributed by atoms with E-state index in [0.29, 0.717) is 25.7 Å². The molecular formula is C56H90O6. The van der Waals surface area contributed by atoms with Crippen LogP contribution in [0.2, 0.25) is 0 Å². The Morgan fingerprint density at radius 2 is 0.661 bits per heavy atom. The molecule has 0 aliphatic heterocycles. The highest BCUT2D eigenvalue weighted by molar-refractivity contribution is 5.71. The van der Waals surface area contributed by atoms with E-state index in [2.05, 4.69) is 130 Å². The summed E-state index contributed by atoms with van der Waals surface area (Å²) in [6.07, 6.45) is 66.7. The lowest BCUT2D eigenvalue weighted by Crippen LogP contribution is -2.30. The predicted molar refractivity (Wildman–Crippen MR) is 265 cm³/mol. The summed E-state index contributed by atoms with van der Waals surface area (Å²) in [4.78, 5) is 37.6. The van der Waals surface area contributed by atoms with Crippen molar-refractivity contribution in [3.8, 4) is 0 Å². The molecule has 62 heavy (non-hydrogen) atoms. The van der Waals surface area contributed by atoms with Crippen LogP contribution in [0.3, 0.4) is 0 Å². The number of carbonyl (C=O) groups is 3. The van der Waals surface area contributed by atoms with Gasteiger partial charge in [0.2, 0.25) is 0 Å². The van der Waals surface area contributed by atoms with E-state index in [1.165, 1.54) is 38.5 Å². The molecular weight excluding hydrogens is 769 g/mol. The van der Waals surface area contributed by atoms with Crippen molar-refractivity contribution in [3.05, 3.63) is 109 Å². The molecule has 0 N–H and O–H groups in total. The minimum atomic E-state index is -0.797. The Morgan fingerprint density at radius 3 is 1.10 bits per heavy atom. The molecule has 0 aromatic rings. The molecule has 350 valence electrons. The highest BCUT2D eigenvalue weighted by Gasteiger charge is 2.19. The van der Waals surface area contributed by atoms with E-state index in [-0.39, 0.29) is 31.1 Å². The number of unbranched alkanes of at least 4 members (excludes halogenated alkanes) is 14. The van der Waals surface area contributed by atoms with Crippen molar-refractivity contribution >= 4 is 17.9 Å². The predicted octanol–water partition coefficient (Wildman–Crippen LogP) is 16.4. The van der Waals surface area contributed by atoms with Crippen molar-refractivity contribution in [3.63, 3.8) is 0 Å². The summed E-state index contributed by atoms with van der Waals surface area (Å²) in [5.74, 6) is -0.970. The van der Waals surface area contributed by atoms with E-state index in [1.54, 1.807) is 0 Å². The quantitative estimate of drug-likeness (QED) is 0.0263. The average Bonchev–Trinajstić information content (AvgIpc) is 3.27. The first kappa shape index (κ1) is 58.1. The number of esters is 3. The Kier molecular flexibility index (Phi) is 46.6. The number of ether oxygens (including phenoxy) is 3. The highest BCUT2D eigenvalue weighted by atomic mass is 16.6. The fraction of sp³-hybridized carbons (Fsp3) is 0.625. The minimum absolute atomic E-state index is 0.0967. The maximum Gasteiger partial charge on any atom is 0.306 e. The number of carbonyl (C=O) groups excluding carboxylic acids is 3. The molecule has 0 aliphatic carbocycles. The molecule has 0 saturated carbocycles.